The first-order valence-corrected chi connectivity index (χ1v) is 5.53. The average molecular weight is 236 g/mol. The van der Waals surface area contributed by atoms with Crippen LogP contribution >= 0.6 is 0 Å². The molecule has 0 radical (unpaired) electrons. The molecule has 0 aliphatic heterocycles. The van der Waals surface area contributed by atoms with E-state index in [0.29, 0.717) is 6.04 Å². The third-order valence-corrected chi connectivity index (χ3v) is 3.09. The Balaban J connectivity index is 0.00000196. The molecule has 0 saturated heterocycles. The third-order valence-electron chi connectivity index (χ3n) is 3.09. The van der Waals surface area contributed by atoms with Crippen molar-refractivity contribution in [1.29, 1.82) is 0 Å². The van der Waals surface area contributed by atoms with E-state index in [9.17, 15) is 0 Å². The van der Waals surface area contributed by atoms with E-state index in [2.05, 4.69) is 12.2 Å². The average Bonchev–Trinajstić information content (AvgIpc) is 2.26. The standard InChI is InChI=1S/C11H21N2O.K/c1-2-9-3-5-11(6-4-9)13-7-10(12)8-14;/h7,9,11-14H,2-6,8H2,1H3;/q-1;+1/b10-7-;. The summed E-state index contributed by atoms with van der Waals surface area (Å²) in [6, 6.07) is 0.518. The fourth-order valence-electron chi connectivity index (χ4n) is 2.00. The quantitative estimate of drug-likeness (QED) is 0.643. The van der Waals surface area contributed by atoms with Crippen LogP contribution in [0, 0.1) is 5.92 Å². The number of hydrogen-bond donors (Lipinski definition) is 2. The number of aliphatic hydroxyl groups is 1. The Morgan fingerprint density at radius 2 is 2.00 bits per heavy atom. The first-order valence-electron chi connectivity index (χ1n) is 5.53. The molecule has 0 bridgehead atoms. The molecule has 1 aliphatic carbocycles. The zero-order valence-corrected chi connectivity index (χ0v) is 13.0. The van der Waals surface area contributed by atoms with Crippen LogP contribution in [-0.4, -0.2) is 17.8 Å². The molecule has 1 rings (SSSR count). The molecule has 1 saturated carbocycles. The van der Waals surface area contributed by atoms with Gasteiger partial charge in [-0.05, 0) is 37.8 Å². The van der Waals surface area contributed by atoms with Crippen molar-refractivity contribution in [3.63, 3.8) is 0 Å². The van der Waals surface area contributed by atoms with Crippen LogP contribution in [0.3, 0.4) is 0 Å². The summed E-state index contributed by atoms with van der Waals surface area (Å²) in [7, 11) is 0. The van der Waals surface area contributed by atoms with E-state index in [0.717, 1.165) is 5.92 Å². The maximum Gasteiger partial charge on any atom is 1.00 e. The van der Waals surface area contributed by atoms with Gasteiger partial charge in [0.1, 0.15) is 0 Å². The van der Waals surface area contributed by atoms with Crippen molar-refractivity contribution in [2.24, 2.45) is 5.92 Å². The minimum Gasteiger partial charge on any atom is -0.699 e. The van der Waals surface area contributed by atoms with E-state index < -0.39 is 0 Å². The van der Waals surface area contributed by atoms with Gasteiger partial charge in [0.15, 0.2) is 0 Å². The Morgan fingerprint density at radius 3 is 2.47 bits per heavy atom. The van der Waals surface area contributed by atoms with Crippen molar-refractivity contribution < 1.29 is 56.5 Å². The molecule has 3 N–H and O–H groups in total. The Hall–Kier alpha value is 0.936. The first kappa shape index (κ1) is 15.9. The van der Waals surface area contributed by atoms with Gasteiger partial charge in [0.25, 0.3) is 0 Å². The van der Waals surface area contributed by atoms with Crippen molar-refractivity contribution in [2.75, 3.05) is 6.61 Å². The van der Waals surface area contributed by atoms with Gasteiger partial charge in [-0.3, -0.25) is 0 Å². The molecular weight excluding hydrogens is 215 g/mol. The molecule has 0 amide bonds. The minimum atomic E-state index is -0.169. The Morgan fingerprint density at radius 1 is 1.40 bits per heavy atom. The molecule has 0 atom stereocenters. The molecule has 15 heavy (non-hydrogen) atoms. The summed E-state index contributed by atoms with van der Waals surface area (Å²) < 4.78 is 0. The number of nitrogens with one attached hydrogen (secondary N) is 2. The molecule has 82 valence electrons. The maximum atomic E-state index is 8.65. The summed E-state index contributed by atoms with van der Waals surface area (Å²) in [5.74, 6) is 0.908. The van der Waals surface area contributed by atoms with E-state index in [1.165, 1.54) is 32.1 Å². The van der Waals surface area contributed by atoms with Gasteiger partial charge < -0.3 is 16.2 Å². The Bertz CT molecular complexity index is 189. The van der Waals surface area contributed by atoms with E-state index >= 15 is 0 Å². The largest absolute Gasteiger partial charge is 1.00 e. The summed E-state index contributed by atoms with van der Waals surface area (Å²) in [4.78, 5) is 0. The number of rotatable bonds is 4. The van der Waals surface area contributed by atoms with Crippen LogP contribution in [0.25, 0.3) is 5.73 Å². The van der Waals surface area contributed by atoms with Crippen LogP contribution in [0.15, 0.2) is 11.9 Å². The second-order valence-corrected chi connectivity index (χ2v) is 4.12. The molecular formula is C11H21KN2O. The van der Waals surface area contributed by atoms with Gasteiger partial charge >= 0.3 is 51.4 Å². The predicted octanol–water partition coefficient (Wildman–Crippen LogP) is -0.565. The summed E-state index contributed by atoms with van der Waals surface area (Å²) in [5.41, 5.74) is 7.53. The van der Waals surface area contributed by atoms with Gasteiger partial charge in [0.05, 0.1) is 0 Å². The Labute approximate surface area is 135 Å². The van der Waals surface area contributed by atoms with E-state index in [1.807, 2.05) is 0 Å². The molecule has 0 spiro atoms. The van der Waals surface area contributed by atoms with Crippen LogP contribution in [0.1, 0.15) is 39.0 Å². The van der Waals surface area contributed by atoms with Gasteiger partial charge in [-0.1, -0.05) is 13.3 Å². The summed E-state index contributed by atoms with van der Waals surface area (Å²) in [6.07, 6.45) is 7.93. The zero-order chi connectivity index (χ0) is 10.4. The fourth-order valence-corrected chi connectivity index (χ4v) is 2.00. The van der Waals surface area contributed by atoms with Crippen LogP contribution < -0.4 is 56.7 Å². The van der Waals surface area contributed by atoms with Crippen molar-refractivity contribution in [1.82, 2.24) is 5.32 Å². The van der Waals surface area contributed by atoms with Crippen LogP contribution in [0.4, 0.5) is 0 Å². The Kier molecular flexibility index (Phi) is 9.58. The minimum absolute atomic E-state index is 0. The van der Waals surface area contributed by atoms with Gasteiger partial charge in [-0.15, -0.1) is 5.70 Å². The van der Waals surface area contributed by atoms with Crippen LogP contribution in [0.2, 0.25) is 0 Å². The SMILES string of the molecule is CCC1CCC(N/C=C(\[NH-])CO)CC1.[K+]. The topological polar surface area (TPSA) is 56.1 Å². The van der Waals surface area contributed by atoms with E-state index in [4.69, 9.17) is 10.8 Å². The number of hydrogen-bond acceptors (Lipinski definition) is 2. The van der Waals surface area contributed by atoms with Crippen molar-refractivity contribution in [3.05, 3.63) is 17.6 Å². The molecule has 0 aromatic carbocycles. The second kappa shape index (κ2) is 9.02. The van der Waals surface area contributed by atoms with Gasteiger partial charge in [0, 0.05) is 12.6 Å². The first-order chi connectivity index (χ1) is 6.76. The predicted molar refractivity (Wildman–Crippen MR) is 58.7 cm³/mol. The summed E-state index contributed by atoms with van der Waals surface area (Å²) >= 11 is 0. The normalized spacial score (nSPS) is 26.9. The summed E-state index contributed by atoms with van der Waals surface area (Å²) in [5, 5.41) is 11.9. The molecule has 1 fully saturated rings. The monoisotopic (exact) mass is 236 g/mol. The molecule has 3 nitrogen and oxygen atoms in total. The molecule has 0 heterocycles. The second-order valence-electron chi connectivity index (χ2n) is 4.12. The van der Waals surface area contributed by atoms with Gasteiger partial charge in [0.2, 0.25) is 0 Å². The van der Waals surface area contributed by atoms with E-state index in [1.54, 1.807) is 6.20 Å². The maximum absolute atomic E-state index is 8.65. The van der Waals surface area contributed by atoms with Crippen molar-refractivity contribution in [3.8, 4) is 0 Å². The van der Waals surface area contributed by atoms with Crippen LogP contribution in [0.5, 0.6) is 0 Å². The van der Waals surface area contributed by atoms with Gasteiger partial charge in [-0.2, -0.15) is 0 Å². The molecule has 4 heteroatoms. The fraction of sp³-hybridized carbons (Fsp3) is 0.818. The summed E-state index contributed by atoms with van der Waals surface area (Å²) in [6.45, 7) is 2.09. The number of aliphatic hydroxyl groups excluding tert-OH is 1. The molecule has 0 aromatic rings. The molecule has 1 aliphatic rings. The van der Waals surface area contributed by atoms with Gasteiger partial charge in [-0.25, -0.2) is 0 Å². The van der Waals surface area contributed by atoms with Crippen molar-refractivity contribution in [2.45, 2.75) is 45.1 Å². The molecule has 0 unspecified atom stereocenters. The van der Waals surface area contributed by atoms with Crippen molar-refractivity contribution >= 4 is 0 Å². The van der Waals surface area contributed by atoms with Crippen LogP contribution in [-0.2, 0) is 0 Å². The zero-order valence-electron chi connectivity index (χ0n) is 9.92. The third kappa shape index (κ3) is 6.29. The smallest absolute Gasteiger partial charge is 0.699 e. The molecule has 0 aromatic heterocycles. The van der Waals surface area contributed by atoms with E-state index in [-0.39, 0.29) is 63.7 Å².